The summed E-state index contributed by atoms with van der Waals surface area (Å²) in [6.45, 7) is 6.29. The molecule has 2 aromatic carbocycles. The van der Waals surface area contributed by atoms with Gasteiger partial charge in [0.25, 0.3) is 0 Å². The van der Waals surface area contributed by atoms with Gasteiger partial charge in [-0.1, -0.05) is 37.3 Å². The number of nitrogens with zero attached hydrogens (tertiary/aromatic N) is 1. The zero-order chi connectivity index (χ0) is 14.6. The molecule has 2 nitrogen and oxygen atoms in total. The van der Waals surface area contributed by atoms with Gasteiger partial charge in [-0.15, -0.1) is 0 Å². The molecule has 20 heavy (non-hydrogen) atoms. The standard InChI is InChI=1S/C18H19NO/c1-4-18(2,3)20-17-8-6-5-7-16(17)15-11-9-14(13-19)10-12-15/h5-12H,4H2,1-3H3. The molecule has 0 aliphatic carbocycles. The maximum Gasteiger partial charge on any atom is 0.127 e. The van der Waals surface area contributed by atoms with Crippen molar-refractivity contribution in [3.63, 3.8) is 0 Å². The first kappa shape index (κ1) is 14.1. The molecule has 2 aromatic rings. The van der Waals surface area contributed by atoms with Gasteiger partial charge in [-0.05, 0) is 44.0 Å². The number of rotatable bonds is 4. The van der Waals surface area contributed by atoms with E-state index in [-0.39, 0.29) is 5.60 Å². The van der Waals surface area contributed by atoms with Crippen LogP contribution in [0.3, 0.4) is 0 Å². The van der Waals surface area contributed by atoms with Gasteiger partial charge in [0.15, 0.2) is 0 Å². The molecular weight excluding hydrogens is 246 g/mol. The summed E-state index contributed by atoms with van der Waals surface area (Å²) >= 11 is 0. The second-order valence-electron chi connectivity index (χ2n) is 5.40. The highest BCUT2D eigenvalue weighted by atomic mass is 16.5. The van der Waals surface area contributed by atoms with Gasteiger partial charge in [0.05, 0.1) is 11.6 Å². The second-order valence-corrected chi connectivity index (χ2v) is 5.40. The molecule has 2 heteroatoms. The van der Waals surface area contributed by atoms with E-state index in [1.54, 1.807) is 0 Å². The lowest BCUT2D eigenvalue weighted by molar-refractivity contribution is 0.106. The van der Waals surface area contributed by atoms with Gasteiger partial charge >= 0.3 is 0 Å². The third kappa shape index (κ3) is 3.19. The van der Waals surface area contributed by atoms with E-state index >= 15 is 0 Å². The fourth-order valence-electron chi connectivity index (χ4n) is 1.89. The molecule has 0 aromatic heterocycles. The van der Waals surface area contributed by atoms with Crippen molar-refractivity contribution in [3.8, 4) is 22.9 Å². The number of nitriles is 1. The first-order chi connectivity index (χ1) is 9.55. The Hall–Kier alpha value is -2.27. The molecule has 0 saturated carbocycles. The molecular formula is C18H19NO. The largest absolute Gasteiger partial charge is 0.487 e. The zero-order valence-electron chi connectivity index (χ0n) is 12.2. The number of para-hydroxylation sites is 1. The van der Waals surface area contributed by atoms with Crippen LogP contribution in [-0.4, -0.2) is 5.60 Å². The molecule has 0 N–H and O–H groups in total. The smallest absolute Gasteiger partial charge is 0.127 e. The molecule has 0 fully saturated rings. The molecule has 0 aliphatic heterocycles. The molecule has 0 spiro atoms. The Bertz CT molecular complexity index is 621. The summed E-state index contributed by atoms with van der Waals surface area (Å²) in [5.41, 5.74) is 2.59. The van der Waals surface area contributed by atoms with Crippen molar-refractivity contribution in [2.45, 2.75) is 32.8 Å². The summed E-state index contributed by atoms with van der Waals surface area (Å²) in [5.74, 6) is 0.879. The minimum absolute atomic E-state index is 0.192. The van der Waals surface area contributed by atoms with Gasteiger partial charge in [-0.25, -0.2) is 0 Å². The maximum absolute atomic E-state index is 8.86. The summed E-state index contributed by atoms with van der Waals surface area (Å²) in [5, 5.41) is 8.86. The first-order valence-corrected chi connectivity index (χ1v) is 6.84. The van der Waals surface area contributed by atoms with Crippen molar-refractivity contribution in [2.75, 3.05) is 0 Å². The summed E-state index contributed by atoms with van der Waals surface area (Å²) in [6, 6.07) is 17.7. The van der Waals surface area contributed by atoms with Crippen molar-refractivity contribution >= 4 is 0 Å². The van der Waals surface area contributed by atoms with Gasteiger partial charge in [0.1, 0.15) is 11.4 Å². The van der Waals surface area contributed by atoms with E-state index in [0.29, 0.717) is 5.56 Å². The Morgan fingerprint density at radius 2 is 1.70 bits per heavy atom. The molecule has 0 unspecified atom stereocenters. The summed E-state index contributed by atoms with van der Waals surface area (Å²) in [7, 11) is 0. The molecule has 0 atom stereocenters. The lowest BCUT2D eigenvalue weighted by Gasteiger charge is -2.26. The topological polar surface area (TPSA) is 33.0 Å². The van der Waals surface area contributed by atoms with Crippen LogP contribution in [0.4, 0.5) is 0 Å². The van der Waals surface area contributed by atoms with Crippen LogP contribution in [0, 0.1) is 11.3 Å². The van der Waals surface area contributed by atoms with Crippen LogP contribution in [0.15, 0.2) is 48.5 Å². The van der Waals surface area contributed by atoms with Crippen molar-refractivity contribution in [1.82, 2.24) is 0 Å². The number of ether oxygens (including phenoxy) is 1. The molecule has 2 rings (SSSR count). The predicted octanol–water partition coefficient (Wildman–Crippen LogP) is 4.79. The molecule has 0 bridgehead atoms. The number of hydrogen-bond acceptors (Lipinski definition) is 2. The van der Waals surface area contributed by atoms with E-state index in [1.165, 1.54) is 0 Å². The van der Waals surface area contributed by atoms with Crippen molar-refractivity contribution in [2.24, 2.45) is 0 Å². The predicted molar refractivity (Wildman–Crippen MR) is 81.6 cm³/mol. The van der Waals surface area contributed by atoms with E-state index in [0.717, 1.165) is 23.3 Å². The third-order valence-corrected chi connectivity index (χ3v) is 3.45. The summed E-state index contributed by atoms with van der Waals surface area (Å²) in [4.78, 5) is 0. The molecule has 0 aliphatic rings. The molecule has 0 heterocycles. The average molecular weight is 265 g/mol. The SMILES string of the molecule is CCC(C)(C)Oc1ccccc1-c1ccc(C#N)cc1. The first-order valence-electron chi connectivity index (χ1n) is 6.84. The summed E-state index contributed by atoms with van der Waals surface area (Å²) in [6.07, 6.45) is 0.939. The third-order valence-electron chi connectivity index (χ3n) is 3.45. The van der Waals surface area contributed by atoms with E-state index < -0.39 is 0 Å². The van der Waals surface area contributed by atoms with Gasteiger partial charge in [-0.2, -0.15) is 5.26 Å². The molecule has 0 amide bonds. The van der Waals surface area contributed by atoms with E-state index in [9.17, 15) is 0 Å². The van der Waals surface area contributed by atoms with Gasteiger partial charge in [0.2, 0.25) is 0 Å². The Morgan fingerprint density at radius 3 is 2.30 bits per heavy atom. The van der Waals surface area contributed by atoms with Crippen LogP contribution in [-0.2, 0) is 0 Å². The maximum atomic E-state index is 8.86. The van der Waals surface area contributed by atoms with Crippen molar-refractivity contribution in [3.05, 3.63) is 54.1 Å². The molecule has 0 saturated heterocycles. The van der Waals surface area contributed by atoms with Crippen LogP contribution in [0.5, 0.6) is 5.75 Å². The van der Waals surface area contributed by atoms with E-state index in [2.05, 4.69) is 26.8 Å². The lowest BCUT2D eigenvalue weighted by atomic mass is 10.0. The summed E-state index contributed by atoms with van der Waals surface area (Å²) < 4.78 is 6.13. The quantitative estimate of drug-likeness (QED) is 0.796. The minimum Gasteiger partial charge on any atom is -0.487 e. The van der Waals surface area contributed by atoms with Crippen LogP contribution in [0.25, 0.3) is 11.1 Å². The van der Waals surface area contributed by atoms with Crippen molar-refractivity contribution in [1.29, 1.82) is 5.26 Å². The Balaban J connectivity index is 2.39. The van der Waals surface area contributed by atoms with Crippen LogP contribution in [0.1, 0.15) is 32.8 Å². The second kappa shape index (κ2) is 5.79. The van der Waals surface area contributed by atoms with Crippen LogP contribution >= 0.6 is 0 Å². The van der Waals surface area contributed by atoms with Gasteiger partial charge in [-0.3, -0.25) is 0 Å². The van der Waals surface area contributed by atoms with Gasteiger partial charge in [0, 0.05) is 5.56 Å². The highest BCUT2D eigenvalue weighted by Crippen LogP contribution is 2.32. The Labute approximate surface area is 120 Å². The number of hydrogen-bond donors (Lipinski definition) is 0. The molecule has 102 valence electrons. The van der Waals surface area contributed by atoms with E-state index in [4.69, 9.17) is 10.00 Å². The fraction of sp³-hybridized carbons (Fsp3) is 0.278. The van der Waals surface area contributed by atoms with Gasteiger partial charge < -0.3 is 4.74 Å². The van der Waals surface area contributed by atoms with Crippen LogP contribution < -0.4 is 4.74 Å². The van der Waals surface area contributed by atoms with Crippen LogP contribution in [0.2, 0.25) is 0 Å². The monoisotopic (exact) mass is 265 g/mol. The average Bonchev–Trinajstić information content (AvgIpc) is 2.48. The Morgan fingerprint density at radius 1 is 1.05 bits per heavy atom. The highest BCUT2D eigenvalue weighted by molar-refractivity contribution is 5.70. The normalized spacial score (nSPS) is 10.9. The van der Waals surface area contributed by atoms with Crippen molar-refractivity contribution < 1.29 is 4.74 Å². The zero-order valence-corrected chi connectivity index (χ0v) is 12.2. The fourth-order valence-corrected chi connectivity index (χ4v) is 1.89. The Kier molecular flexibility index (Phi) is 4.10. The minimum atomic E-state index is -0.192. The highest BCUT2D eigenvalue weighted by Gasteiger charge is 2.18. The number of benzene rings is 2. The van der Waals surface area contributed by atoms with E-state index in [1.807, 2.05) is 48.5 Å². The lowest BCUT2D eigenvalue weighted by Crippen LogP contribution is -2.27. The molecule has 0 radical (unpaired) electrons.